The first-order valence-corrected chi connectivity index (χ1v) is 6.14. The maximum atomic E-state index is 3.44. The van der Waals surface area contributed by atoms with Crippen molar-refractivity contribution in [2.75, 3.05) is 39.8 Å². The van der Waals surface area contributed by atoms with E-state index < -0.39 is 0 Å². The Morgan fingerprint density at radius 3 is 2.33 bits per heavy atom. The maximum Gasteiger partial charge on any atom is 0.0125 e. The second-order valence-corrected chi connectivity index (χ2v) is 5.59. The summed E-state index contributed by atoms with van der Waals surface area (Å²) in [6, 6.07) is 0.618. The van der Waals surface area contributed by atoms with Crippen LogP contribution in [0.4, 0.5) is 0 Å². The summed E-state index contributed by atoms with van der Waals surface area (Å²) in [5, 5.41) is 6.83. The van der Waals surface area contributed by atoms with Crippen LogP contribution in [0, 0.1) is 5.41 Å². The Labute approximate surface area is 94.6 Å². The minimum Gasteiger partial charge on any atom is -0.316 e. The van der Waals surface area contributed by atoms with Crippen molar-refractivity contribution >= 4 is 0 Å². The highest BCUT2D eigenvalue weighted by Gasteiger charge is 2.23. The van der Waals surface area contributed by atoms with Crippen LogP contribution in [0.3, 0.4) is 0 Å². The van der Waals surface area contributed by atoms with E-state index in [-0.39, 0.29) is 0 Å². The third-order valence-corrected chi connectivity index (χ3v) is 3.34. The molecule has 15 heavy (non-hydrogen) atoms. The summed E-state index contributed by atoms with van der Waals surface area (Å²) < 4.78 is 0. The lowest BCUT2D eigenvalue weighted by molar-refractivity contribution is 0.195. The fraction of sp³-hybridized carbons (Fsp3) is 1.00. The summed E-state index contributed by atoms with van der Waals surface area (Å²) in [6.45, 7) is 12.9. The Morgan fingerprint density at radius 1 is 1.27 bits per heavy atom. The number of hydrogen-bond acceptors (Lipinski definition) is 3. The highest BCUT2D eigenvalue weighted by Crippen LogP contribution is 2.21. The number of piperazine rings is 1. The Hall–Kier alpha value is -0.120. The van der Waals surface area contributed by atoms with E-state index in [2.05, 4.69) is 43.4 Å². The molecule has 0 aromatic rings. The van der Waals surface area contributed by atoms with E-state index in [1.54, 1.807) is 0 Å². The van der Waals surface area contributed by atoms with Crippen LogP contribution >= 0.6 is 0 Å². The van der Waals surface area contributed by atoms with Gasteiger partial charge in [0.25, 0.3) is 0 Å². The lowest BCUT2D eigenvalue weighted by Crippen LogP contribution is -2.46. The van der Waals surface area contributed by atoms with Crippen LogP contribution in [0.25, 0.3) is 0 Å². The number of rotatable bonds is 4. The molecule has 1 aliphatic heterocycles. The molecule has 3 heteroatoms. The molecule has 0 aliphatic carbocycles. The number of nitrogens with zero attached hydrogens (tertiary/aromatic N) is 1. The van der Waals surface area contributed by atoms with Gasteiger partial charge in [-0.3, -0.25) is 0 Å². The van der Waals surface area contributed by atoms with Crippen molar-refractivity contribution in [1.29, 1.82) is 0 Å². The van der Waals surface area contributed by atoms with Gasteiger partial charge in [-0.25, -0.2) is 0 Å². The molecule has 0 spiro atoms. The molecule has 0 saturated carbocycles. The van der Waals surface area contributed by atoms with Crippen LogP contribution in [0.2, 0.25) is 0 Å². The fourth-order valence-corrected chi connectivity index (χ4v) is 2.26. The van der Waals surface area contributed by atoms with E-state index in [0.29, 0.717) is 11.5 Å². The lowest BCUT2D eigenvalue weighted by atomic mass is 9.85. The monoisotopic (exact) mass is 213 g/mol. The van der Waals surface area contributed by atoms with Gasteiger partial charge in [0.15, 0.2) is 0 Å². The molecule has 0 aromatic carbocycles. The van der Waals surface area contributed by atoms with E-state index >= 15 is 0 Å². The lowest BCUT2D eigenvalue weighted by Gasteiger charge is -2.34. The zero-order chi connectivity index (χ0) is 11.3. The first-order chi connectivity index (χ1) is 7.04. The predicted molar refractivity (Wildman–Crippen MR) is 66.2 cm³/mol. The SMILES string of the molecule is CNC(CCN1CCNCC1)C(C)(C)C. The molecule has 1 saturated heterocycles. The molecule has 1 aliphatic rings. The Morgan fingerprint density at radius 2 is 1.87 bits per heavy atom. The largest absolute Gasteiger partial charge is 0.316 e. The Balaban J connectivity index is 2.27. The van der Waals surface area contributed by atoms with Gasteiger partial charge in [0.2, 0.25) is 0 Å². The van der Waals surface area contributed by atoms with E-state index in [1.807, 2.05) is 0 Å². The van der Waals surface area contributed by atoms with Crippen molar-refractivity contribution in [1.82, 2.24) is 15.5 Å². The zero-order valence-corrected chi connectivity index (χ0v) is 10.8. The quantitative estimate of drug-likeness (QED) is 0.727. The zero-order valence-electron chi connectivity index (χ0n) is 10.8. The molecule has 0 radical (unpaired) electrons. The summed E-state index contributed by atoms with van der Waals surface area (Å²) in [5.41, 5.74) is 0.364. The van der Waals surface area contributed by atoms with Crippen LogP contribution in [-0.2, 0) is 0 Å². The average molecular weight is 213 g/mol. The van der Waals surface area contributed by atoms with Gasteiger partial charge in [-0.1, -0.05) is 20.8 Å². The fourth-order valence-electron chi connectivity index (χ4n) is 2.26. The van der Waals surface area contributed by atoms with Crippen LogP contribution in [0.1, 0.15) is 27.2 Å². The maximum absolute atomic E-state index is 3.44. The molecule has 1 atom stereocenters. The topological polar surface area (TPSA) is 27.3 Å². The summed E-state index contributed by atoms with van der Waals surface area (Å²) >= 11 is 0. The molecule has 0 aromatic heterocycles. The normalized spacial score (nSPS) is 21.6. The van der Waals surface area contributed by atoms with Gasteiger partial charge in [0.05, 0.1) is 0 Å². The summed E-state index contributed by atoms with van der Waals surface area (Å²) in [6.07, 6.45) is 1.25. The van der Waals surface area contributed by atoms with Gasteiger partial charge >= 0.3 is 0 Å². The molecule has 1 unspecified atom stereocenters. The van der Waals surface area contributed by atoms with Crippen molar-refractivity contribution in [2.24, 2.45) is 5.41 Å². The molecule has 0 amide bonds. The third kappa shape index (κ3) is 4.49. The number of nitrogens with one attached hydrogen (secondary N) is 2. The van der Waals surface area contributed by atoms with E-state index in [1.165, 1.54) is 26.1 Å². The predicted octanol–water partition coefficient (Wildman–Crippen LogP) is 0.916. The van der Waals surface area contributed by atoms with E-state index in [0.717, 1.165) is 13.1 Å². The molecular formula is C12H27N3. The number of hydrogen-bond donors (Lipinski definition) is 2. The highest BCUT2D eigenvalue weighted by molar-refractivity contribution is 4.81. The van der Waals surface area contributed by atoms with Crippen LogP contribution in [0.15, 0.2) is 0 Å². The smallest absolute Gasteiger partial charge is 0.0125 e. The van der Waals surface area contributed by atoms with Crippen LogP contribution < -0.4 is 10.6 Å². The van der Waals surface area contributed by atoms with Crippen molar-refractivity contribution in [3.63, 3.8) is 0 Å². The van der Waals surface area contributed by atoms with Gasteiger partial charge < -0.3 is 15.5 Å². The molecule has 1 fully saturated rings. The molecule has 0 bridgehead atoms. The van der Waals surface area contributed by atoms with Crippen molar-refractivity contribution in [3.8, 4) is 0 Å². The summed E-state index contributed by atoms with van der Waals surface area (Å²) in [5.74, 6) is 0. The molecule has 90 valence electrons. The Kier molecular flexibility index (Phi) is 5.03. The summed E-state index contributed by atoms with van der Waals surface area (Å²) in [4.78, 5) is 2.56. The second kappa shape index (κ2) is 5.83. The van der Waals surface area contributed by atoms with Gasteiger partial charge in [-0.2, -0.15) is 0 Å². The van der Waals surface area contributed by atoms with Crippen molar-refractivity contribution in [3.05, 3.63) is 0 Å². The van der Waals surface area contributed by atoms with Crippen LogP contribution in [-0.4, -0.2) is 50.7 Å². The highest BCUT2D eigenvalue weighted by atomic mass is 15.2. The molecule has 3 nitrogen and oxygen atoms in total. The van der Waals surface area contributed by atoms with Gasteiger partial charge in [0.1, 0.15) is 0 Å². The Bertz CT molecular complexity index is 168. The van der Waals surface area contributed by atoms with E-state index in [4.69, 9.17) is 0 Å². The first-order valence-electron chi connectivity index (χ1n) is 6.14. The minimum atomic E-state index is 0.364. The second-order valence-electron chi connectivity index (χ2n) is 5.59. The standard InChI is InChI=1S/C12H27N3/c1-12(2,3)11(13-4)5-8-15-9-6-14-7-10-15/h11,13-14H,5-10H2,1-4H3. The minimum absolute atomic E-state index is 0.364. The van der Waals surface area contributed by atoms with Crippen molar-refractivity contribution in [2.45, 2.75) is 33.2 Å². The average Bonchev–Trinajstić information content (AvgIpc) is 2.18. The summed E-state index contributed by atoms with van der Waals surface area (Å²) in [7, 11) is 2.08. The van der Waals surface area contributed by atoms with Crippen LogP contribution in [0.5, 0.6) is 0 Å². The molecule has 1 heterocycles. The van der Waals surface area contributed by atoms with Gasteiger partial charge in [-0.05, 0) is 25.4 Å². The van der Waals surface area contributed by atoms with Crippen molar-refractivity contribution < 1.29 is 0 Å². The van der Waals surface area contributed by atoms with Gasteiger partial charge in [0, 0.05) is 32.2 Å². The molecule has 1 rings (SSSR count). The third-order valence-electron chi connectivity index (χ3n) is 3.34. The van der Waals surface area contributed by atoms with E-state index in [9.17, 15) is 0 Å². The first kappa shape index (κ1) is 12.9. The molecule has 2 N–H and O–H groups in total. The van der Waals surface area contributed by atoms with Gasteiger partial charge in [-0.15, -0.1) is 0 Å². The molecular weight excluding hydrogens is 186 g/mol.